The lowest BCUT2D eigenvalue weighted by Crippen LogP contribution is -2.30. The van der Waals surface area contributed by atoms with Crippen LogP contribution in [0.25, 0.3) is 0 Å². The van der Waals surface area contributed by atoms with Gasteiger partial charge in [-0.25, -0.2) is 14.1 Å². The van der Waals surface area contributed by atoms with Crippen LogP contribution >= 0.6 is 11.6 Å². The van der Waals surface area contributed by atoms with Crippen molar-refractivity contribution in [3.8, 4) is 0 Å². The van der Waals surface area contributed by atoms with Gasteiger partial charge in [-0.05, 0) is 18.2 Å². The molecule has 0 bridgehead atoms. The second kappa shape index (κ2) is 3.51. The highest BCUT2D eigenvalue weighted by atomic mass is 35.5. The lowest BCUT2D eigenvalue weighted by atomic mass is 10.3. The third-order valence-electron chi connectivity index (χ3n) is 2.00. The van der Waals surface area contributed by atoms with Crippen LogP contribution in [0.3, 0.4) is 0 Å². The number of imide groups is 1. The molecule has 0 aliphatic carbocycles. The van der Waals surface area contributed by atoms with Gasteiger partial charge in [0.25, 0.3) is 5.91 Å². The average Bonchev–Trinajstić information content (AvgIpc) is 2.52. The number of nitrogens with zero attached hydrogens (tertiary/aromatic N) is 1. The van der Waals surface area contributed by atoms with E-state index >= 15 is 0 Å². The quantitative estimate of drug-likeness (QED) is 0.742. The highest BCUT2D eigenvalue weighted by molar-refractivity contribution is 6.31. The van der Waals surface area contributed by atoms with Gasteiger partial charge < -0.3 is 5.32 Å². The molecule has 1 aromatic rings. The van der Waals surface area contributed by atoms with E-state index in [4.69, 9.17) is 11.6 Å². The maximum absolute atomic E-state index is 13.1. The van der Waals surface area contributed by atoms with Crippen molar-refractivity contribution >= 4 is 29.2 Å². The molecule has 4 nitrogen and oxygen atoms in total. The average molecular weight is 229 g/mol. The summed E-state index contributed by atoms with van der Waals surface area (Å²) in [6.07, 6.45) is 0. The zero-order valence-corrected chi connectivity index (χ0v) is 8.21. The van der Waals surface area contributed by atoms with E-state index in [1.807, 2.05) is 0 Å². The maximum Gasteiger partial charge on any atom is 0.329 e. The second-order valence-corrected chi connectivity index (χ2v) is 3.39. The summed E-state index contributed by atoms with van der Waals surface area (Å²) in [6, 6.07) is 3.20. The smallest absolute Gasteiger partial charge is 0.328 e. The Hall–Kier alpha value is -1.62. The van der Waals surface area contributed by atoms with Crippen LogP contribution < -0.4 is 10.2 Å². The van der Waals surface area contributed by atoms with E-state index in [0.29, 0.717) is 0 Å². The highest BCUT2D eigenvalue weighted by Gasteiger charge is 2.30. The van der Waals surface area contributed by atoms with Crippen molar-refractivity contribution in [2.75, 3.05) is 11.4 Å². The van der Waals surface area contributed by atoms with Gasteiger partial charge in [-0.3, -0.25) is 4.79 Å². The largest absolute Gasteiger partial charge is 0.329 e. The van der Waals surface area contributed by atoms with Crippen LogP contribution in [0.4, 0.5) is 14.9 Å². The number of carbonyl (C=O) groups is 2. The topological polar surface area (TPSA) is 49.4 Å². The lowest BCUT2D eigenvalue weighted by molar-refractivity contribution is -0.115. The molecule has 6 heteroatoms. The van der Waals surface area contributed by atoms with Crippen molar-refractivity contribution in [3.05, 3.63) is 29.0 Å². The third-order valence-corrected chi connectivity index (χ3v) is 2.31. The number of amides is 3. The Morgan fingerprint density at radius 1 is 1.40 bits per heavy atom. The van der Waals surface area contributed by atoms with Crippen LogP contribution in [0.2, 0.25) is 5.02 Å². The number of urea groups is 1. The fourth-order valence-electron chi connectivity index (χ4n) is 1.31. The minimum absolute atomic E-state index is 0.0502. The molecular formula is C9H6ClFN2O2. The molecule has 1 aliphatic rings. The number of benzene rings is 1. The van der Waals surface area contributed by atoms with Gasteiger partial charge in [0.1, 0.15) is 5.82 Å². The van der Waals surface area contributed by atoms with Gasteiger partial charge in [0.05, 0.1) is 17.3 Å². The van der Waals surface area contributed by atoms with Crippen LogP contribution in [-0.4, -0.2) is 18.5 Å². The first-order valence-electron chi connectivity index (χ1n) is 4.15. The molecule has 78 valence electrons. The second-order valence-electron chi connectivity index (χ2n) is 2.99. The summed E-state index contributed by atoms with van der Waals surface area (Å²) in [5.41, 5.74) is 0.178. The molecule has 0 unspecified atom stereocenters. The molecule has 1 fully saturated rings. The molecule has 1 aromatic carbocycles. The Morgan fingerprint density at radius 3 is 2.67 bits per heavy atom. The Kier molecular flexibility index (Phi) is 2.32. The van der Waals surface area contributed by atoms with E-state index in [-0.39, 0.29) is 17.3 Å². The van der Waals surface area contributed by atoms with Gasteiger partial charge >= 0.3 is 6.03 Å². The molecule has 0 saturated carbocycles. The number of rotatable bonds is 1. The van der Waals surface area contributed by atoms with Crippen LogP contribution in [0.5, 0.6) is 0 Å². The number of anilines is 1. The van der Waals surface area contributed by atoms with Gasteiger partial charge in [-0.2, -0.15) is 0 Å². The summed E-state index contributed by atoms with van der Waals surface area (Å²) in [6.45, 7) is -0.0664. The van der Waals surface area contributed by atoms with E-state index < -0.39 is 17.8 Å². The lowest BCUT2D eigenvalue weighted by Gasteiger charge is -2.12. The van der Waals surface area contributed by atoms with Crippen molar-refractivity contribution in [1.29, 1.82) is 0 Å². The zero-order valence-electron chi connectivity index (χ0n) is 7.46. The molecule has 1 aliphatic heterocycles. The zero-order chi connectivity index (χ0) is 11.0. The first-order chi connectivity index (χ1) is 7.09. The molecule has 2 rings (SSSR count). The summed E-state index contributed by atoms with van der Waals surface area (Å²) in [7, 11) is 0. The molecule has 1 heterocycles. The van der Waals surface area contributed by atoms with Crippen molar-refractivity contribution < 1.29 is 14.0 Å². The summed E-state index contributed by atoms with van der Waals surface area (Å²) < 4.78 is 13.1. The first kappa shape index (κ1) is 9.92. The van der Waals surface area contributed by atoms with Crippen LogP contribution in [-0.2, 0) is 4.79 Å². The van der Waals surface area contributed by atoms with Gasteiger partial charge in [0.15, 0.2) is 0 Å². The standard InChI is InChI=1S/C9H6ClFN2O2/c10-6-2-1-5(3-7(6)11)13-8(14)4-12-9(13)15/h1-3H,4H2,(H,12,15). The number of nitrogens with one attached hydrogen (secondary N) is 1. The summed E-state index contributed by atoms with van der Waals surface area (Å²) in [5.74, 6) is -1.08. The molecule has 0 spiro atoms. The van der Waals surface area contributed by atoms with Gasteiger partial charge in [0.2, 0.25) is 0 Å². The van der Waals surface area contributed by atoms with Crippen molar-refractivity contribution in [2.24, 2.45) is 0 Å². The molecule has 3 amide bonds. The van der Waals surface area contributed by atoms with E-state index in [1.54, 1.807) is 0 Å². The fraction of sp³-hybridized carbons (Fsp3) is 0.111. The highest BCUT2D eigenvalue weighted by Crippen LogP contribution is 2.23. The van der Waals surface area contributed by atoms with Crippen molar-refractivity contribution in [3.63, 3.8) is 0 Å². The van der Waals surface area contributed by atoms with Gasteiger partial charge in [-0.1, -0.05) is 11.6 Å². The molecule has 1 saturated heterocycles. The molecule has 0 radical (unpaired) electrons. The maximum atomic E-state index is 13.1. The molecule has 0 aromatic heterocycles. The summed E-state index contributed by atoms with van der Waals surface area (Å²) in [5, 5.41) is 2.28. The van der Waals surface area contributed by atoms with Gasteiger partial charge in [-0.15, -0.1) is 0 Å². The SMILES string of the molecule is O=C1CNC(=O)N1c1ccc(Cl)c(F)c1. The molecule has 1 N–H and O–H groups in total. The number of hydrogen-bond donors (Lipinski definition) is 1. The number of hydrogen-bond acceptors (Lipinski definition) is 2. The summed E-state index contributed by atoms with van der Waals surface area (Å²) in [4.78, 5) is 23.4. The monoisotopic (exact) mass is 228 g/mol. The van der Waals surface area contributed by atoms with Crippen LogP contribution in [0, 0.1) is 5.82 Å². The van der Waals surface area contributed by atoms with Gasteiger partial charge in [0, 0.05) is 0 Å². The number of carbonyl (C=O) groups excluding carboxylic acids is 2. The number of halogens is 2. The van der Waals surface area contributed by atoms with Crippen LogP contribution in [0.15, 0.2) is 18.2 Å². The van der Waals surface area contributed by atoms with E-state index in [9.17, 15) is 14.0 Å². The van der Waals surface area contributed by atoms with Crippen molar-refractivity contribution in [1.82, 2.24) is 5.32 Å². The minimum Gasteiger partial charge on any atom is -0.328 e. The molecular weight excluding hydrogens is 223 g/mol. The predicted octanol–water partition coefficient (Wildman–Crippen LogP) is 1.54. The Balaban J connectivity index is 2.41. The predicted molar refractivity (Wildman–Crippen MR) is 52.3 cm³/mol. The fourth-order valence-corrected chi connectivity index (χ4v) is 1.43. The normalized spacial score (nSPS) is 15.7. The van der Waals surface area contributed by atoms with E-state index in [0.717, 1.165) is 11.0 Å². The molecule has 15 heavy (non-hydrogen) atoms. The van der Waals surface area contributed by atoms with E-state index in [1.165, 1.54) is 12.1 Å². The van der Waals surface area contributed by atoms with E-state index in [2.05, 4.69) is 5.32 Å². The van der Waals surface area contributed by atoms with Crippen LogP contribution in [0.1, 0.15) is 0 Å². The Labute approximate surface area is 89.6 Å². The van der Waals surface area contributed by atoms with Crippen molar-refractivity contribution in [2.45, 2.75) is 0 Å². The summed E-state index contributed by atoms with van der Waals surface area (Å²) >= 11 is 5.48. The first-order valence-corrected chi connectivity index (χ1v) is 4.53. The molecule has 0 atom stereocenters. The Morgan fingerprint density at radius 2 is 2.13 bits per heavy atom. The Bertz CT molecular complexity index is 434. The minimum atomic E-state index is -0.665. The third kappa shape index (κ3) is 1.66.